The van der Waals surface area contributed by atoms with E-state index in [0.717, 1.165) is 23.4 Å². The Kier molecular flexibility index (Phi) is 6.96. The van der Waals surface area contributed by atoms with Gasteiger partial charge in [-0.25, -0.2) is 18.5 Å². The number of hydrogen-bond donors (Lipinski definition) is 3. The molecule has 0 bridgehead atoms. The molecule has 1 unspecified atom stereocenters. The summed E-state index contributed by atoms with van der Waals surface area (Å²) in [6.45, 7) is 3.81. The van der Waals surface area contributed by atoms with Crippen molar-refractivity contribution < 1.29 is 13.2 Å². The molecule has 30 heavy (non-hydrogen) atoms. The third-order valence-corrected chi connectivity index (χ3v) is 6.41. The average molecular weight is 445 g/mol. The van der Waals surface area contributed by atoms with Gasteiger partial charge in [0, 0.05) is 12.1 Å². The Labute approximate surface area is 180 Å². The summed E-state index contributed by atoms with van der Waals surface area (Å²) in [5, 5.41) is 8.72. The van der Waals surface area contributed by atoms with Gasteiger partial charge in [-0.3, -0.25) is 4.79 Å². The highest BCUT2D eigenvalue weighted by atomic mass is 32.2. The number of nitrogens with one attached hydrogen (secondary N) is 2. The molecule has 0 saturated heterocycles. The summed E-state index contributed by atoms with van der Waals surface area (Å²) >= 11 is 1.34. The van der Waals surface area contributed by atoms with Crippen LogP contribution in [0.5, 0.6) is 0 Å². The fraction of sp³-hybridized carbons (Fsp3) is 0.238. The topological polar surface area (TPSA) is 118 Å². The second-order valence-corrected chi connectivity index (χ2v) is 9.49. The average Bonchev–Trinajstić information content (AvgIpc) is 3.06. The Hall–Kier alpha value is -2.62. The van der Waals surface area contributed by atoms with Crippen LogP contribution in [0, 0.1) is 6.92 Å². The van der Waals surface area contributed by atoms with E-state index in [2.05, 4.69) is 27.4 Å². The van der Waals surface area contributed by atoms with Crippen molar-refractivity contribution in [1.82, 2.24) is 15.3 Å². The van der Waals surface area contributed by atoms with Crippen LogP contribution in [0.15, 0.2) is 64.6 Å². The molecular formula is C21H24N4O3S2. The summed E-state index contributed by atoms with van der Waals surface area (Å²) in [6, 6.07) is 16.0. The Balaban J connectivity index is 1.54. The number of benzene rings is 2. The van der Waals surface area contributed by atoms with Gasteiger partial charge in [-0.2, -0.15) is 0 Å². The highest BCUT2D eigenvalue weighted by molar-refractivity contribution is 7.99. The lowest BCUT2D eigenvalue weighted by molar-refractivity contribution is -0.119. The van der Waals surface area contributed by atoms with Gasteiger partial charge < -0.3 is 10.3 Å². The number of primary sulfonamides is 1. The molecule has 0 saturated carbocycles. The van der Waals surface area contributed by atoms with Crippen LogP contribution in [-0.4, -0.2) is 30.0 Å². The van der Waals surface area contributed by atoms with E-state index in [-0.39, 0.29) is 22.6 Å². The van der Waals surface area contributed by atoms with Crippen LogP contribution in [0.2, 0.25) is 0 Å². The number of aromatic amines is 1. The number of aromatic nitrogens is 2. The number of sulfonamides is 1. The van der Waals surface area contributed by atoms with Crippen molar-refractivity contribution >= 4 is 27.7 Å². The number of rotatable bonds is 8. The van der Waals surface area contributed by atoms with E-state index in [1.54, 1.807) is 12.1 Å². The molecule has 1 aromatic heterocycles. The predicted molar refractivity (Wildman–Crippen MR) is 118 cm³/mol. The molecule has 1 heterocycles. The summed E-state index contributed by atoms with van der Waals surface area (Å²) in [6.07, 6.45) is 0.738. The van der Waals surface area contributed by atoms with Gasteiger partial charge in [-0.15, -0.1) is 0 Å². The first-order valence-electron chi connectivity index (χ1n) is 9.36. The second-order valence-electron chi connectivity index (χ2n) is 6.97. The number of amides is 1. The zero-order valence-electron chi connectivity index (χ0n) is 16.8. The first-order chi connectivity index (χ1) is 14.2. The minimum Gasteiger partial charge on any atom is -0.349 e. The van der Waals surface area contributed by atoms with Crippen LogP contribution in [0.1, 0.15) is 35.5 Å². The van der Waals surface area contributed by atoms with Gasteiger partial charge in [0.1, 0.15) is 0 Å². The lowest BCUT2D eigenvalue weighted by Gasteiger charge is -2.14. The molecule has 3 aromatic rings. The van der Waals surface area contributed by atoms with Crippen molar-refractivity contribution in [3.8, 4) is 0 Å². The fourth-order valence-corrected chi connectivity index (χ4v) is 4.21. The van der Waals surface area contributed by atoms with Gasteiger partial charge in [0.25, 0.3) is 0 Å². The molecule has 9 heteroatoms. The number of H-pyrrole nitrogens is 1. The van der Waals surface area contributed by atoms with Crippen LogP contribution < -0.4 is 10.5 Å². The normalized spacial score (nSPS) is 12.5. The lowest BCUT2D eigenvalue weighted by Crippen LogP contribution is -2.28. The minimum absolute atomic E-state index is 0.0415. The van der Waals surface area contributed by atoms with Crippen molar-refractivity contribution in [3.63, 3.8) is 0 Å². The van der Waals surface area contributed by atoms with E-state index in [4.69, 9.17) is 5.14 Å². The van der Waals surface area contributed by atoms with Gasteiger partial charge in [-0.1, -0.05) is 54.2 Å². The van der Waals surface area contributed by atoms with Gasteiger partial charge >= 0.3 is 0 Å². The highest BCUT2D eigenvalue weighted by Crippen LogP contribution is 2.20. The molecule has 4 N–H and O–H groups in total. The molecule has 1 amide bonds. The third kappa shape index (κ3) is 5.94. The number of imidazole rings is 1. The molecule has 158 valence electrons. The molecule has 0 aliphatic heterocycles. The maximum atomic E-state index is 12.3. The van der Waals surface area contributed by atoms with E-state index >= 15 is 0 Å². The molecule has 3 rings (SSSR count). The summed E-state index contributed by atoms with van der Waals surface area (Å²) in [4.78, 5) is 20.2. The van der Waals surface area contributed by atoms with E-state index in [0.29, 0.717) is 5.16 Å². The largest absolute Gasteiger partial charge is 0.349 e. The maximum absolute atomic E-state index is 12.3. The molecule has 0 spiro atoms. The zero-order valence-corrected chi connectivity index (χ0v) is 18.4. The van der Waals surface area contributed by atoms with Crippen molar-refractivity contribution in [2.24, 2.45) is 5.14 Å². The maximum Gasteiger partial charge on any atom is 0.238 e. The SMILES string of the molecule is Cc1[nH]c(SCC(=O)NC(C)c2ccc(S(N)(=O)=O)cc2)nc1Cc1ccccc1. The molecule has 0 radical (unpaired) electrons. The Morgan fingerprint density at radius 3 is 2.47 bits per heavy atom. The predicted octanol–water partition coefficient (Wildman–Crippen LogP) is 2.93. The first kappa shape index (κ1) is 22.1. The standard InChI is InChI=1S/C21H24N4O3S2/c1-14(17-8-10-18(11-9-17)30(22,27)28)23-20(26)13-29-21-24-15(2)19(25-21)12-16-6-4-3-5-7-16/h3-11,14H,12-13H2,1-2H3,(H,23,26)(H,24,25)(H2,22,27,28). The van der Waals surface area contributed by atoms with E-state index in [9.17, 15) is 13.2 Å². The molecule has 0 fully saturated rings. The number of carbonyl (C=O) groups is 1. The molecule has 1 atom stereocenters. The zero-order chi connectivity index (χ0) is 21.7. The van der Waals surface area contributed by atoms with Crippen molar-refractivity contribution in [2.45, 2.75) is 36.4 Å². The molecular weight excluding hydrogens is 420 g/mol. The van der Waals surface area contributed by atoms with Crippen LogP contribution in [0.25, 0.3) is 0 Å². The van der Waals surface area contributed by atoms with Gasteiger partial charge in [0.15, 0.2) is 5.16 Å². The molecule has 0 aliphatic carbocycles. The van der Waals surface area contributed by atoms with Crippen LogP contribution in [0.3, 0.4) is 0 Å². The molecule has 7 nitrogen and oxygen atoms in total. The molecule has 0 aliphatic rings. The fourth-order valence-electron chi connectivity index (χ4n) is 2.94. The molecule has 2 aromatic carbocycles. The van der Waals surface area contributed by atoms with Crippen LogP contribution >= 0.6 is 11.8 Å². The summed E-state index contributed by atoms with van der Waals surface area (Å²) in [5.74, 6) is 0.0822. The van der Waals surface area contributed by atoms with Gasteiger partial charge in [0.2, 0.25) is 15.9 Å². The summed E-state index contributed by atoms with van der Waals surface area (Å²) in [5.41, 5.74) is 3.93. The number of nitrogens with two attached hydrogens (primary N) is 1. The van der Waals surface area contributed by atoms with Crippen molar-refractivity contribution in [2.75, 3.05) is 5.75 Å². The number of hydrogen-bond acceptors (Lipinski definition) is 5. The number of carbonyl (C=O) groups excluding carboxylic acids is 1. The van der Waals surface area contributed by atoms with Crippen LogP contribution in [-0.2, 0) is 21.2 Å². The van der Waals surface area contributed by atoms with Crippen molar-refractivity contribution in [3.05, 3.63) is 77.1 Å². The third-order valence-electron chi connectivity index (χ3n) is 4.60. The Bertz CT molecular complexity index is 1110. The van der Waals surface area contributed by atoms with Crippen LogP contribution in [0.4, 0.5) is 0 Å². The minimum atomic E-state index is -3.73. The van der Waals surface area contributed by atoms with E-state index in [1.165, 1.54) is 29.5 Å². The number of aryl methyl sites for hydroxylation is 1. The highest BCUT2D eigenvalue weighted by Gasteiger charge is 2.14. The van der Waals surface area contributed by atoms with Gasteiger partial charge in [-0.05, 0) is 37.1 Å². The summed E-state index contributed by atoms with van der Waals surface area (Å²) < 4.78 is 22.7. The quantitative estimate of drug-likeness (QED) is 0.462. The smallest absolute Gasteiger partial charge is 0.238 e. The van der Waals surface area contributed by atoms with Crippen molar-refractivity contribution in [1.29, 1.82) is 0 Å². The second kappa shape index (κ2) is 9.46. The van der Waals surface area contributed by atoms with E-state index < -0.39 is 10.0 Å². The monoisotopic (exact) mass is 444 g/mol. The summed E-state index contributed by atoms with van der Waals surface area (Å²) in [7, 11) is -3.73. The van der Waals surface area contributed by atoms with E-state index in [1.807, 2.05) is 32.0 Å². The number of nitrogens with zero attached hydrogens (tertiary/aromatic N) is 1. The Morgan fingerprint density at radius 2 is 1.83 bits per heavy atom. The first-order valence-corrected chi connectivity index (χ1v) is 11.9. The lowest BCUT2D eigenvalue weighted by atomic mass is 10.1. The Morgan fingerprint density at radius 1 is 1.17 bits per heavy atom. The number of thioether (sulfide) groups is 1. The van der Waals surface area contributed by atoms with Gasteiger partial charge in [0.05, 0.1) is 22.4 Å².